The highest BCUT2D eigenvalue weighted by Gasteiger charge is 2.31. The van der Waals surface area contributed by atoms with Gasteiger partial charge in [0.15, 0.2) is 0 Å². The van der Waals surface area contributed by atoms with E-state index in [0.717, 1.165) is 23.7 Å². The fourth-order valence-corrected chi connectivity index (χ4v) is 2.99. The average molecular weight is 284 g/mol. The van der Waals surface area contributed by atoms with Crippen molar-refractivity contribution in [1.29, 1.82) is 0 Å². The van der Waals surface area contributed by atoms with Crippen LogP contribution in [0.15, 0.2) is 42.5 Å². The van der Waals surface area contributed by atoms with E-state index in [1.54, 1.807) is 14.2 Å². The minimum Gasteiger partial charge on any atom is -0.497 e. The van der Waals surface area contributed by atoms with Gasteiger partial charge in [0.25, 0.3) is 0 Å². The van der Waals surface area contributed by atoms with Gasteiger partial charge < -0.3 is 20.1 Å². The molecule has 1 heterocycles. The molecule has 4 heteroatoms. The second kappa shape index (κ2) is 5.66. The summed E-state index contributed by atoms with van der Waals surface area (Å²) in [7, 11) is 3.38. The van der Waals surface area contributed by atoms with Crippen molar-refractivity contribution >= 4 is 5.69 Å². The van der Waals surface area contributed by atoms with Crippen molar-refractivity contribution in [3.8, 4) is 11.5 Å². The van der Waals surface area contributed by atoms with Gasteiger partial charge in [0, 0.05) is 13.1 Å². The minimum absolute atomic E-state index is 0.145. The van der Waals surface area contributed by atoms with E-state index in [9.17, 15) is 0 Å². The lowest BCUT2D eigenvalue weighted by atomic mass is 10.0. The lowest BCUT2D eigenvalue weighted by Gasteiger charge is -2.27. The number of hydrogen-bond donors (Lipinski definition) is 1. The molecule has 1 aliphatic heterocycles. The Labute approximate surface area is 125 Å². The van der Waals surface area contributed by atoms with Crippen molar-refractivity contribution in [2.24, 2.45) is 5.73 Å². The van der Waals surface area contributed by atoms with Gasteiger partial charge in [0.2, 0.25) is 0 Å². The third kappa shape index (κ3) is 2.32. The summed E-state index contributed by atoms with van der Waals surface area (Å²) >= 11 is 0. The molecule has 0 aromatic heterocycles. The van der Waals surface area contributed by atoms with Crippen LogP contribution in [0.25, 0.3) is 0 Å². The topological polar surface area (TPSA) is 47.7 Å². The van der Waals surface area contributed by atoms with Crippen molar-refractivity contribution in [3.05, 3.63) is 53.6 Å². The van der Waals surface area contributed by atoms with Crippen LogP contribution in [0, 0.1) is 0 Å². The van der Waals surface area contributed by atoms with E-state index in [0.29, 0.717) is 6.54 Å². The van der Waals surface area contributed by atoms with Gasteiger partial charge in [-0.25, -0.2) is 0 Å². The maximum Gasteiger partial charge on any atom is 0.142 e. The zero-order valence-corrected chi connectivity index (χ0v) is 12.4. The monoisotopic (exact) mass is 284 g/mol. The van der Waals surface area contributed by atoms with Crippen LogP contribution in [0.5, 0.6) is 11.5 Å². The summed E-state index contributed by atoms with van der Waals surface area (Å²) in [4.78, 5) is 2.29. The van der Waals surface area contributed by atoms with Gasteiger partial charge >= 0.3 is 0 Å². The van der Waals surface area contributed by atoms with Crippen molar-refractivity contribution < 1.29 is 9.47 Å². The normalized spacial score (nSPS) is 16.7. The number of anilines is 1. The molecule has 0 saturated heterocycles. The number of ether oxygens (including phenoxy) is 2. The highest BCUT2D eigenvalue weighted by atomic mass is 16.5. The summed E-state index contributed by atoms with van der Waals surface area (Å²) in [5, 5.41) is 0. The molecule has 21 heavy (non-hydrogen) atoms. The summed E-state index contributed by atoms with van der Waals surface area (Å²) < 4.78 is 10.8. The maximum absolute atomic E-state index is 6.04. The lowest BCUT2D eigenvalue weighted by Crippen LogP contribution is -2.28. The predicted molar refractivity (Wildman–Crippen MR) is 84.0 cm³/mol. The quantitative estimate of drug-likeness (QED) is 0.938. The minimum atomic E-state index is 0.145. The van der Waals surface area contributed by atoms with Gasteiger partial charge in [-0.1, -0.05) is 18.2 Å². The Balaban J connectivity index is 2.02. The molecule has 0 spiro atoms. The van der Waals surface area contributed by atoms with Crippen LogP contribution < -0.4 is 20.1 Å². The fourth-order valence-electron chi connectivity index (χ4n) is 2.99. The summed E-state index contributed by atoms with van der Waals surface area (Å²) in [5.74, 6) is 1.74. The number of para-hydroxylation sites is 2. The second-order valence-electron chi connectivity index (χ2n) is 5.12. The van der Waals surface area contributed by atoms with Gasteiger partial charge in [0.05, 0.1) is 25.9 Å². The Kier molecular flexibility index (Phi) is 3.71. The summed E-state index contributed by atoms with van der Waals surface area (Å²) in [6, 6.07) is 14.4. The molecule has 0 aliphatic carbocycles. The lowest BCUT2D eigenvalue weighted by molar-refractivity contribution is 0.412. The van der Waals surface area contributed by atoms with Crippen LogP contribution in [-0.2, 0) is 6.54 Å². The Morgan fingerprint density at radius 3 is 2.67 bits per heavy atom. The molecule has 110 valence electrons. The molecule has 2 N–H and O–H groups in total. The highest BCUT2D eigenvalue weighted by Crippen LogP contribution is 2.41. The molecule has 0 amide bonds. The molecule has 0 radical (unpaired) electrons. The van der Waals surface area contributed by atoms with Crippen molar-refractivity contribution in [1.82, 2.24) is 0 Å². The number of benzene rings is 2. The first-order valence-corrected chi connectivity index (χ1v) is 7.05. The SMILES string of the molecule is COc1ccc2c(c1)C(CN)N(c1ccccc1OC)C2. The number of nitrogens with zero attached hydrogens (tertiary/aromatic N) is 1. The first-order chi connectivity index (χ1) is 10.3. The van der Waals surface area contributed by atoms with E-state index < -0.39 is 0 Å². The van der Waals surface area contributed by atoms with E-state index in [1.807, 2.05) is 24.3 Å². The number of fused-ring (bicyclic) bond motifs is 1. The van der Waals surface area contributed by atoms with E-state index in [4.69, 9.17) is 15.2 Å². The Morgan fingerprint density at radius 2 is 1.95 bits per heavy atom. The van der Waals surface area contributed by atoms with Crippen LogP contribution in [0.2, 0.25) is 0 Å². The van der Waals surface area contributed by atoms with Gasteiger partial charge in [0.1, 0.15) is 11.5 Å². The summed E-state index contributed by atoms with van der Waals surface area (Å²) in [5.41, 5.74) is 9.64. The van der Waals surface area contributed by atoms with Crippen molar-refractivity contribution in [2.45, 2.75) is 12.6 Å². The average Bonchev–Trinajstić information content (AvgIpc) is 2.91. The van der Waals surface area contributed by atoms with Crippen molar-refractivity contribution in [2.75, 3.05) is 25.7 Å². The molecule has 1 aliphatic rings. The molecule has 1 atom stereocenters. The first-order valence-electron chi connectivity index (χ1n) is 7.05. The third-order valence-electron chi connectivity index (χ3n) is 4.05. The number of nitrogens with two attached hydrogens (primary N) is 1. The molecule has 2 aromatic carbocycles. The van der Waals surface area contributed by atoms with Gasteiger partial charge in [-0.15, -0.1) is 0 Å². The Hall–Kier alpha value is -2.20. The molecule has 2 aromatic rings. The number of methoxy groups -OCH3 is 2. The Bertz CT molecular complexity index is 642. The molecule has 4 nitrogen and oxygen atoms in total. The Morgan fingerprint density at radius 1 is 1.14 bits per heavy atom. The number of hydrogen-bond acceptors (Lipinski definition) is 4. The zero-order valence-electron chi connectivity index (χ0n) is 12.4. The van der Waals surface area contributed by atoms with Crippen LogP contribution in [-0.4, -0.2) is 20.8 Å². The molecule has 0 fully saturated rings. The van der Waals surface area contributed by atoms with E-state index in [1.165, 1.54) is 11.1 Å². The standard InChI is InChI=1S/C17H20N2O2/c1-20-13-8-7-12-11-19(16(10-18)14(12)9-13)15-5-3-4-6-17(15)21-2/h3-9,16H,10-11,18H2,1-2H3. The van der Waals surface area contributed by atoms with Crippen LogP contribution in [0.4, 0.5) is 5.69 Å². The number of rotatable bonds is 4. The van der Waals surface area contributed by atoms with E-state index in [2.05, 4.69) is 23.1 Å². The first kappa shape index (κ1) is 13.8. The molecular weight excluding hydrogens is 264 g/mol. The molecular formula is C17H20N2O2. The zero-order chi connectivity index (χ0) is 14.8. The highest BCUT2D eigenvalue weighted by molar-refractivity contribution is 5.63. The maximum atomic E-state index is 6.04. The molecule has 0 saturated carbocycles. The predicted octanol–water partition coefficient (Wildman–Crippen LogP) is 2.72. The summed E-state index contributed by atoms with van der Waals surface area (Å²) in [6.45, 7) is 1.39. The smallest absolute Gasteiger partial charge is 0.142 e. The van der Waals surface area contributed by atoms with E-state index in [-0.39, 0.29) is 6.04 Å². The molecule has 3 rings (SSSR count). The second-order valence-corrected chi connectivity index (χ2v) is 5.12. The summed E-state index contributed by atoms with van der Waals surface area (Å²) in [6.07, 6.45) is 0. The van der Waals surface area contributed by atoms with Crippen LogP contribution >= 0.6 is 0 Å². The van der Waals surface area contributed by atoms with Gasteiger partial charge in [-0.3, -0.25) is 0 Å². The van der Waals surface area contributed by atoms with Crippen LogP contribution in [0.1, 0.15) is 17.2 Å². The van der Waals surface area contributed by atoms with E-state index >= 15 is 0 Å². The van der Waals surface area contributed by atoms with Crippen molar-refractivity contribution in [3.63, 3.8) is 0 Å². The van der Waals surface area contributed by atoms with Gasteiger partial charge in [-0.05, 0) is 35.4 Å². The largest absolute Gasteiger partial charge is 0.497 e. The van der Waals surface area contributed by atoms with Gasteiger partial charge in [-0.2, -0.15) is 0 Å². The third-order valence-corrected chi connectivity index (χ3v) is 4.05. The fraction of sp³-hybridized carbons (Fsp3) is 0.294. The molecule has 0 bridgehead atoms. The van der Waals surface area contributed by atoms with Crippen LogP contribution in [0.3, 0.4) is 0 Å². The molecule has 1 unspecified atom stereocenters.